The van der Waals surface area contributed by atoms with Crippen molar-refractivity contribution in [3.8, 4) is 0 Å². The van der Waals surface area contributed by atoms with Crippen LogP contribution in [-0.4, -0.2) is 35.2 Å². The summed E-state index contributed by atoms with van der Waals surface area (Å²) in [5, 5.41) is 11.8. The van der Waals surface area contributed by atoms with Gasteiger partial charge in [0.2, 0.25) is 0 Å². The Morgan fingerprint density at radius 1 is 1.53 bits per heavy atom. The SMILES string of the molecule is CC/C(C)=C/NC(=O)N1CCCCC1CCO. The standard InChI is InChI=1S/C13H24N2O2/c1-3-11(2)10-14-13(17)15-8-5-4-6-12(15)7-9-16/h10,12,16H,3-9H2,1-2H3,(H,14,17)/b11-10+. The van der Waals surface area contributed by atoms with E-state index in [1.165, 1.54) is 0 Å². The van der Waals surface area contributed by atoms with E-state index < -0.39 is 0 Å². The lowest BCUT2D eigenvalue weighted by Crippen LogP contribution is -2.47. The molecule has 0 aromatic heterocycles. The monoisotopic (exact) mass is 240 g/mol. The van der Waals surface area contributed by atoms with E-state index in [1.807, 2.05) is 11.8 Å². The Hall–Kier alpha value is -1.03. The lowest BCUT2D eigenvalue weighted by molar-refractivity contribution is 0.134. The first-order chi connectivity index (χ1) is 8.19. The van der Waals surface area contributed by atoms with Gasteiger partial charge in [-0.1, -0.05) is 12.5 Å². The molecule has 1 atom stereocenters. The van der Waals surface area contributed by atoms with E-state index in [9.17, 15) is 4.79 Å². The molecule has 1 saturated heterocycles. The third-order valence-corrected chi connectivity index (χ3v) is 3.35. The van der Waals surface area contributed by atoms with Crippen LogP contribution in [0.3, 0.4) is 0 Å². The van der Waals surface area contributed by atoms with Crippen molar-refractivity contribution in [3.63, 3.8) is 0 Å². The lowest BCUT2D eigenvalue weighted by atomic mass is 10.0. The maximum Gasteiger partial charge on any atom is 0.321 e. The largest absolute Gasteiger partial charge is 0.396 e. The van der Waals surface area contributed by atoms with E-state index in [2.05, 4.69) is 12.2 Å². The highest BCUT2D eigenvalue weighted by Crippen LogP contribution is 2.19. The van der Waals surface area contributed by atoms with E-state index in [-0.39, 0.29) is 18.7 Å². The number of urea groups is 1. The van der Waals surface area contributed by atoms with Crippen molar-refractivity contribution in [2.75, 3.05) is 13.2 Å². The number of amides is 2. The zero-order chi connectivity index (χ0) is 12.7. The van der Waals surface area contributed by atoms with E-state index >= 15 is 0 Å². The summed E-state index contributed by atoms with van der Waals surface area (Å²) in [7, 11) is 0. The Morgan fingerprint density at radius 3 is 2.94 bits per heavy atom. The van der Waals surface area contributed by atoms with Gasteiger partial charge in [0.25, 0.3) is 0 Å². The maximum atomic E-state index is 12.0. The molecule has 1 aliphatic rings. The molecule has 4 nitrogen and oxygen atoms in total. The van der Waals surface area contributed by atoms with Gasteiger partial charge in [0.05, 0.1) is 0 Å². The Labute approximate surface area is 104 Å². The molecule has 0 aromatic carbocycles. The van der Waals surface area contributed by atoms with E-state index in [0.29, 0.717) is 6.42 Å². The van der Waals surface area contributed by atoms with Crippen LogP contribution in [0.1, 0.15) is 46.0 Å². The minimum atomic E-state index is -0.0315. The quantitative estimate of drug-likeness (QED) is 0.792. The first-order valence-electron chi connectivity index (χ1n) is 6.52. The van der Waals surface area contributed by atoms with Crippen LogP contribution in [0.5, 0.6) is 0 Å². The zero-order valence-electron chi connectivity index (χ0n) is 10.9. The molecule has 2 N–H and O–H groups in total. The van der Waals surface area contributed by atoms with Gasteiger partial charge in [-0.15, -0.1) is 0 Å². The van der Waals surface area contributed by atoms with Crippen molar-refractivity contribution in [1.29, 1.82) is 0 Å². The van der Waals surface area contributed by atoms with Gasteiger partial charge in [-0.05, 0) is 39.0 Å². The molecule has 2 amide bonds. The number of hydrogen-bond donors (Lipinski definition) is 2. The minimum absolute atomic E-state index is 0.0315. The van der Waals surface area contributed by atoms with Crippen molar-refractivity contribution in [3.05, 3.63) is 11.8 Å². The highest BCUT2D eigenvalue weighted by atomic mass is 16.3. The molecule has 1 aliphatic heterocycles. The van der Waals surface area contributed by atoms with Crippen LogP contribution in [0.2, 0.25) is 0 Å². The topological polar surface area (TPSA) is 52.6 Å². The Kier molecular flexibility index (Phi) is 6.05. The molecule has 0 aliphatic carbocycles. The Balaban J connectivity index is 2.52. The molecule has 1 heterocycles. The molecular weight excluding hydrogens is 216 g/mol. The number of likely N-dealkylation sites (tertiary alicyclic amines) is 1. The molecule has 0 saturated carbocycles. The van der Waals surface area contributed by atoms with Crippen LogP contribution in [0.15, 0.2) is 11.8 Å². The second-order valence-corrected chi connectivity index (χ2v) is 4.65. The van der Waals surface area contributed by atoms with Crippen molar-refractivity contribution in [2.45, 2.75) is 52.0 Å². The molecule has 1 rings (SSSR count). The number of nitrogens with one attached hydrogen (secondary N) is 1. The van der Waals surface area contributed by atoms with Gasteiger partial charge in [0.15, 0.2) is 0 Å². The third-order valence-electron chi connectivity index (χ3n) is 3.35. The molecular formula is C13H24N2O2. The smallest absolute Gasteiger partial charge is 0.321 e. The number of carbonyl (C=O) groups excluding carboxylic acids is 1. The van der Waals surface area contributed by atoms with Crippen molar-refractivity contribution in [2.24, 2.45) is 0 Å². The number of carbonyl (C=O) groups is 1. The molecule has 1 fully saturated rings. The van der Waals surface area contributed by atoms with Gasteiger partial charge in [-0.3, -0.25) is 0 Å². The fourth-order valence-corrected chi connectivity index (χ4v) is 2.09. The van der Waals surface area contributed by atoms with Gasteiger partial charge in [-0.2, -0.15) is 0 Å². The number of hydrogen-bond acceptors (Lipinski definition) is 2. The average molecular weight is 240 g/mol. The first kappa shape index (κ1) is 14.0. The van der Waals surface area contributed by atoms with Crippen LogP contribution >= 0.6 is 0 Å². The van der Waals surface area contributed by atoms with Gasteiger partial charge in [0, 0.05) is 25.4 Å². The number of aliphatic hydroxyl groups is 1. The third kappa shape index (κ3) is 4.38. The molecule has 4 heteroatoms. The normalized spacial score (nSPS) is 21.5. The zero-order valence-corrected chi connectivity index (χ0v) is 10.9. The summed E-state index contributed by atoms with van der Waals surface area (Å²) < 4.78 is 0. The number of allylic oxidation sites excluding steroid dienone is 1. The van der Waals surface area contributed by atoms with Crippen LogP contribution in [0, 0.1) is 0 Å². The van der Waals surface area contributed by atoms with Gasteiger partial charge in [-0.25, -0.2) is 4.79 Å². The number of rotatable bonds is 4. The summed E-state index contributed by atoms with van der Waals surface area (Å²) in [5.74, 6) is 0. The van der Waals surface area contributed by atoms with Crippen LogP contribution < -0.4 is 5.32 Å². The Bertz CT molecular complexity index is 275. The summed E-state index contributed by atoms with van der Waals surface area (Å²) in [6.45, 7) is 5.02. The van der Waals surface area contributed by atoms with Crippen LogP contribution in [0.25, 0.3) is 0 Å². The fraction of sp³-hybridized carbons (Fsp3) is 0.769. The van der Waals surface area contributed by atoms with Crippen molar-refractivity contribution in [1.82, 2.24) is 10.2 Å². The second-order valence-electron chi connectivity index (χ2n) is 4.65. The molecule has 98 valence electrons. The predicted molar refractivity (Wildman–Crippen MR) is 68.6 cm³/mol. The summed E-state index contributed by atoms with van der Waals surface area (Å²) >= 11 is 0. The van der Waals surface area contributed by atoms with Crippen molar-refractivity contribution >= 4 is 6.03 Å². The molecule has 0 aromatic rings. The van der Waals surface area contributed by atoms with E-state index in [0.717, 1.165) is 37.8 Å². The van der Waals surface area contributed by atoms with Crippen LogP contribution in [-0.2, 0) is 0 Å². The number of nitrogens with zero attached hydrogens (tertiary/aromatic N) is 1. The lowest BCUT2D eigenvalue weighted by Gasteiger charge is -2.35. The van der Waals surface area contributed by atoms with E-state index in [1.54, 1.807) is 6.20 Å². The summed E-state index contributed by atoms with van der Waals surface area (Å²) in [5.41, 5.74) is 1.16. The van der Waals surface area contributed by atoms with E-state index in [4.69, 9.17) is 5.11 Å². The van der Waals surface area contributed by atoms with Gasteiger partial charge >= 0.3 is 6.03 Å². The number of aliphatic hydroxyl groups excluding tert-OH is 1. The fourth-order valence-electron chi connectivity index (χ4n) is 2.09. The minimum Gasteiger partial charge on any atom is -0.396 e. The van der Waals surface area contributed by atoms with Crippen molar-refractivity contribution < 1.29 is 9.90 Å². The summed E-state index contributed by atoms with van der Waals surface area (Å²) in [6.07, 6.45) is 6.63. The molecule has 0 radical (unpaired) electrons. The second kappa shape index (κ2) is 7.33. The average Bonchev–Trinajstić information content (AvgIpc) is 2.36. The Morgan fingerprint density at radius 2 is 2.29 bits per heavy atom. The maximum absolute atomic E-state index is 12.0. The predicted octanol–water partition coefficient (Wildman–Crippen LogP) is 2.25. The summed E-state index contributed by atoms with van der Waals surface area (Å²) in [4.78, 5) is 13.9. The van der Waals surface area contributed by atoms with Gasteiger partial charge < -0.3 is 15.3 Å². The molecule has 17 heavy (non-hydrogen) atoms. The van der Waals surface area contributed by atoms with Crippen LogP contribution in [0.4, 0.5) is 4.79 Å². The first-order valence-corrected chi connectivity index (χ1v) is 6.52. The molecule has 0 spiro atoms. The number of piperidine rings is 1. The molecule has 0 bridgehead atoms. The van der Waals surface area contributed by atoms with Gasteiger partial charge in [0.1, 0.15) is 0 Å². The summed E-state index contributed by atoms with van der Waals surface area (Å²) in [6, 6.07) is 0.167. The highest BCUT2D eigenvalue weighted by Gasteiger charge is 2.25. The molecule has 1 unspecified atom stereocenters. The highest BCUT2D eigenvalue weighted by molar-refractivity contribution is 5.75.